The predicted molar refractivity (Wildman–Crippen MR) is 98.2 cm³/mol. The van der Waals surface area contributed by atoms with Crippen LogP contribution in [0.15, 0.2) is 15.0 Å². The normalized spacial score (nSPS) is 10.9. The Hall–Kier alpha value is -0.860. The van der Waals surface area contributed by atoms with Gasteiger partial charge in [-0.25, -0.2) is 4.79 Å². The predicted octanol–water partition coefficient (Wildman–Crippen LogP) is 4.70. The van der Waals surface area contributed by atoms with Crippen molar-refractivity contribution in [2.75, 3.05) is 6.61 Å². The quantitative estimate of drug-likeness (QED) is 0.339. The molecule has 0 fully saturated rings. The summed E-state index contributed by atoms with van der Waals surface area (Å²) in [5.74, 6) is -0.504. The Labute approximate surface area is 158 Å². The number of rotatable bonds is 4. The molecule has 1 aromatic heterocycles. The highest BCUT2D eigenvalue weighted by molar-refractivity contribution is 9.13. The Bertz CT molecular complexity index is 798. The smallest absolute Gasteiger partial charge is 0.340 e. The van der Waals surface area contributed by atoms with Gasteiger partial charge < -0.3 is 14.0 Å². The number of esters is 2. The molecule has 0 amide bonds. The van der Waals surface area contributed by atoms with Gasteiger partial charge in [-0.3, -0.25) is 4.79 Å². The summed E-state index contributed by atoms with van der Waals surface area (Å²) < 4.78 is 13.6. The molecule has 2 rings (SSSR count). The van der Waals surface area contributed by atoms with Gasteiger partial charge in [0.15, 0.2) is 0 Å². The molecule has 0 N–H and O–H groups in total. The molecular formula is C15H14Br3NO4. The Morgan fingerprint density at radius 1 is 1.26 bits per heavy atom. The van der Waals surface area contributed by atoms with E-state index < -0.39 is 11.9 Å². The molecule has 0 radical (unpaired) electrons. The minimum Gasteiger partial charge on any atom is -0.462 e. The monoisotopic (exact) mass is 509 g/mol. The molecule has 0 unspecified atom stereocenters. The minimum atomic E-state index is -0.439. The van der Waals surface area contributed by atoms with Crippen LogP contribution in [0.4, 0.5) is 0 Å². The van der Waals surface area contributed by atoms with Crippen molar-refractivity contribution in [2.24, 2.45) is 7.05 Å². The number of benzene rings is 1. The average Bonchev–Trinajstić information content (AvgIpc) is 2.76. The summed E-state index contributed by atoms with van der Waals surface area (Å²) in [5.41, 5.74) is 2.05. The lowest BCUT2D eigenvalue weighted by atomic mass is 10.1. The highest BCUT2D eigenvalue weighted by atomic mass is 79.9. The van der Waals surface area contributed by atoms with E-state index in [9.17, 15) is 9.59 Å². The van der Waals surface area contributed by atoms with E-state index in [1.165, 1.54) is 6.92 Å². The second-order valence-electron chi connectivity index (χ2n) is 4.73. The minimum absolute atomic E-state index is 0.283. The molecule has 0 atom stereocenters. The Kier molecular flexibility index (Phi) is 5.91. The van der Waals surface area contributed by atoms with E-state index in [-0.39, 0.29) is 6.61 Å². The van der Waals surface area contributed by atoms with Crippen LogP contribution in [-0.2, 0) is 21.9 Å². The number of carbonyl (C=O) groups excluding carboxylic acids is 2. The first-order chi connectivity index (χ1) is 10.8. The number of hydrogen-bond donors (Lipinski definition) is 0. The van der Waals surface area contributed by atoms with E-state index in [1.54, 1.807) is 13.0 Å². The summed E-state index contributed by atoms with van der Waals surface area (Å²) in [5, 5.41) is 1.14. The van der Waals surface area contributed by atoms with Crippen LogP contribution >= 0.6 is 47.8 Å². The van der Waals surface area contributed by atoms with Gasteiger partial charge in [0.05, 0.1) is 26.6 Å². The fraction of sp³-hybridized carbons (Fsp3) is 0.333. The maximum absolute atomic E-state index is 12.4. The summed E-state index contributed by atoms with van der Waals surface area (Å²) in [4.78, 5) is 23.7. The van der Waals surface area contributed by atoms with Gasteiger partial charge in [0.1, 0.15) is 5.75 Å². The fourth-order valence-corrected chi connectivity index (χ4v) is 4.10. The first-order valence-electron chi connectivity index (χ1n) is 6.74. The largest absolute Gasteiger partial charge is 0.462 e. The van der Waals surface area contributed by atoms with Crippen LogP contribution in [0.2, 0.25) is 0 Å². The van der Waals surface area contributed by atoms with Gasteiger partial charge in [0.25, 0.3) is 0 Å². The lowest BCUT2D eigenvalue weighted by Gasteiger charge is -2.09. The summed E-state index contributed by atoms with van der Waals surface area (Å²) in [6, 6.07) is 1.67. The molecule has 0 saturated carbocycles. The zero-order chi connectivity index (χ0) is 17.3. The molecule has 1 aromatic carbocycles. The topological polar surface area (TPSA) is 57.5 Å². The average molecular weight is 512 g/mol. The summed E-state index contributed by atoms with van der Waals surface area (Å²) in [7, 11) is 1.87. The maximum atomic E-state index is 12.4. The van der Waals surface area contributed by atoms with E-state index in [0.717, 1.165) is 11.2 Å². The summed E-state index contributed by atoms with van der Waals surface area (Å²) in [6.45, 7) is 3.37. The Balaban J connectivity index is 2.85. The van der Waals surface area contributed by atoms with Crippen molar-refractivity contribution in [1.82, 2.24) is 4.57 Å². The molecule has 0 aliphatic carbocycles. The molecule has 0 bridgehead atoms. The number of aryl methyl sites for hydroxylation is 1. The van der Waals surface area contributed by atoms with Crippen molar-refractivity contribution < 1.29 is 19.1 Å². The molecule has 8 heteroatoms. The van der Waals surface area contributed by atoms with Gasteiger partial charge in [-0.2, -0.15) is 0 Å². The van der Waals surface area contributed by atoms with Crippen LogP contribution in [0.3, 0.4) is 0 Å². The summed E-state index contributed by atoms with van der Waals surface area (Å²) in [6.07, 6.45) is 0. The number of halogens is 3. The number of carbonyl (C=O) groups is 2. The van der Waals surface area contributed by atoms with Crippen LogP contribution < -0.4 is 4.74 Å². The third-order valence-corrected chi connectivity index (χ3v) is 5.93. The number of nitrogens with zero attached hydrogens (tertiary/aromatic N) is 1. The number of ether oxygens (including phenoxy) is 2. The first-order valence-corrected chi connectivity index (χ1v) is 9.44. The zero-order valence-corrected chi connectivity index (χ0v) is 17.5. The molecule has 5 nitrogen and oxygen atoms in total. The first kappa shape index (κ1) is 18.5. The van der Waals surface area contributed by atoms with Crippen molar-refractivity contribution in [1.29, 1.82) is 0 Å². The van der Waals surface area contributed by atoms with E-state index in [1.807, 2.05) is 11.6 Å². The lowest BCUT2D eigenvalue weighted by Crippen LogP contribution is -2.08. The molecule has 0 saturated heterocycles. The molecular weight excluding hydrogens is 498 g/mol. The SMILES string of the molecule is CCOC(=O)c1c(CBr)n(C)c2c(Br)c(Br)c(OC(C)=O)cc12. The molecule has 1 heterocycles. The number of alkyl halides is 1. The number of hydrogen-bond acceptors (Lipinski definition) is 4. The van der Waals surface area contributed by atoms with Crippen molar-refractivity contribution in [2.45, 2.75) is 19.2 Å². The molecule has 0 aliphatic heterocycles. The summed E-state index contributed by atoms with van der Waals surface area (Å²) >= 11 is 10.4. The van der Waals surface area contributed by atoms with Crippen molar-refractivity contribution in [3.63, 3.8) is 0 Å². The van der Waals surface area contributed by atoms with Crippen LogP contribution in [0.25, 0.3) is 10.9 Å². The molecule has 0 aliphatic rings. The molecule has 2 aromatic rings. The number of aromatic nitrogens is 1. The van der Waals surface area contributed by atoms with Crippen molar-refractivity contribution >= 4 is 70.6 Å². The van der Waals surface area contributed by atoms with Crippen molar-refractivity contribution in [3.8, 4) is 5.75 Å². The standard InChI is InChI=1S/C15H14Br3NO4/c1-4-22-15(21)11-8-5-10(23-7(2)20)12(17)13(18)14(8)19(3)9(11)6-16/h5H,4,6H2,1-3H3. The maximum Gasteiger partial charge on any atom is 0.340 e. The van der Waals surface area contributed by atoms with Crippen LogP contribution in [0.1, 0.15) is 29.9 Å². The molecule has 23 heavy (non-hydrogen) atoms. The third-order valence-electron chi connectivity index (χ3n) is 3.31. The van der Waals surface area contributed by atoms with E-state index in [2.05, 4.69) is 47.8 Å². The van der Waals surface area contributed by atoms with Crippen LogP contribution in [-0.4, -0.2) is 23.1 Å². The second-order valence-corrected chi connectivity index (χ2v) is 6.87. The lowest BCUT2D eigenvalue weighted by molar-refractivity contribution is -0.131. The zero-order valence-electron chi connectivity index (χ0n) is 12.7. The fourth-order valence-electron chi connectivity index (χ4n) is 2.39. The van der Waals surface area contributed by atoms with Gasteiger partial charge in [-0.15, -0.1) is 0 Å². The Morgan fingerprint density at radius 3 is 2.43 bits per heavy atom. The molecule has 124 valence electrons. The van der Waals surface area contributed by atoms with Crippen LogP contribution in [0.5, 0.6) is 5.75 Å². The van der Waals surface area contributed by atoms with Crippen molar-refractivity contribution in [3.05, 3.63) is 26.3 Å². The molecule has 0 spiro atoms. The highest BCUT2D eigenvalue weighted by Crippen LogP contribution is 2.42. The van der Waals surface area contributed by atoms with Crippen LogP contribution in [0, 0.1) is 0 Å². The van der Waals surface area contributed by atoms with Gasteiger partial charge >= 0.3 is 11.9 Å². The van der Waals surface area contributed by atoms with Gasteiger partial charge in [-0.1, -0.05) is 15.9 Å². The van der Waals surface area contributed by atoms with Gasteiger partial charge in [0, 0.05) is 30.4 Å². The third kappa shape index (κ3) is 3.34. The van der Waals surface area contributed by atoms with E-state index in [4.69, 9.17) is 9.47 Å². The highest BCUT2D eigenvalue weighted by Gasteiger charge is 2.25. The number of fused-ring (bicyclic) bond motifs is 1. The van der Waals surface area contributed by atoms with Gasteiger partial charge in [-0.05, 0) is 44.8 Å². The Morgan fingerprint density at radius 2 is 1.91 bits per heavy atom. The van der Waals surface area contributed by atoms with Gasteiger partial charge in [0.2, 0.25) is 0 Å². The van der Waals surface area contributed by atoms with E-state index >= 15 is 0 Å². The van der Waals surface area contributed by atoms with E-state index in [0.29, 0.717) is 31.0 Å². The second kappa shape index (κ2) is 7.36.